The first-order chi connectivity index (χ1) is 8.26. The fraction of sp³-hybridized carbons (Fsp3) is 0.538. The fourth-order valence-electron chi connectivity index (χ4n) is 2.80. The predicted octanol–water partition coefficient (Wildman–Crippen LogP) is 2.31. The SMILES string of the molecule is OCc1cc(Br)ccc1N1CC2CCC(C1)O2. The van der Waals surface area contributed by atoms with E-state index in [1.807, 2.05) is 12.1 Å². The van der Waals surface area contributed by atoms with Gasteiger partial charge in [-0.2, -0.15) is 0 Å². The minimum Gasteiger partial charge on any atom is -0.392 e. The molecule has 0 aromatic heterocycles. The van der Waals surface area contributed by atoms with Gasteiger partial charge in [0.15, 0.2) is 0 Å². The molecule has 3 rings (SSSR count). The molecule has 1 N–H and O–H groups in total. The summed E-state index contributed by atoms with van der Waals surface area (Å²) in [5.41, 5.74) is 2.14. The molecule has 0 spiro atoms. The van der Waals surface area contributed by atoms with Crippen molar-refractivity contribution >= 4 is 21.6 Å². The van der Waals surface area contributed by atoms with Crippen molar-refractivity contribution in [2.75, 3.05) is 18.0 Å². The van der Waals surface area contributed by atoms with Gasteiger partial charge in [-0.05, 0) is 31.0 Å². The van der Waals surface area contributed by atoms with E-state index in [2.05, 4.69) is 26.9 Å². The summed E-state index contributed by atoms with van der Waals surface area (Å²) in [6.07, 6.45) is 3.10. The number of ether oxygens (including phenoxy) is 1. The van der Waals surface area contributed by atoms with E-state index in [0.29, 0.717) is 12.2 Å². The van der Waals surface area contributed by atoms with Crippen LogP contribution in [0.4, 0.5) is 5.69 Å². The number of fused-ring (bicyclic) bond motifs is 2. The van der Waals surface area contributed by atoms with Crippen LogP contribution in [-0.2, 0) is 11.3 Å². The minimum atomic E-state index is 0.0848. The first-order valence-electron chi connectivity index (χ1n) is 6.06. The highest BCUT2D eigenvalue weighted by Gasteiger charge is 2.34. The van der Waals surface area contributed by atoms with Gasteiger partial charge in [-0.25, -0.2) is 0 Å². The van der Waals surface area contributed by atoms with Gasteiger partial charge < -0.3 is 14.7 Å². The maximum atomic E-state index is 9.44. The molecule has 2 heterocycles. The van der Waals surface area contributed by atoms with Crippen LogP contribution in [0.1, 0.15) is 18.4 Å². The normalized spacial score (nSPS) is 27.5. The zero-order valence-electron chi connectivity index (χ0n) is 9.60. The van der Waals surface area contributed by atoms with Crippen molar-refractivity contribution in [3.05, 3.63) is 28.2 Å². The molecule has 2 saturated heterocycles. The third-order valence-electron chi connectivity index (χ3n) is 3.60. The van der Waals surface area contributed by atoms with E-state index in [4.69, 9.17) is 4.74 Å². The Hall–Kier alpha value is -0.580. The number of anilines is 1. The first-order valence-corrected chi connectivity index (χ1v) is 6.85. The third kappa shape index (κ3) is 2.21. The molecular formula is C13H16BrNO2. The molecule has 4 heteroatoms. The Bertz CT molecular complexity index is 412. The summed E-state index contributed by atoms with van der Waals surface area (Å²) in [6.45, 7) is 1.98. The second-order valence-corrected chi connectivity index (χ2v) is 5.71. The van der Waals surface area contributed by atoms with Crippen molar-refractivity contribution < 1.29 is 9.84 Å². The number of hydrogen-bond donors (Lipinski definition) is 1. The number of rotatable bonds is 2. The van der Waals surface area contributed by atoms with Crippen LogP contribution in [0.5, 0.6) is 0 Å². The molecule has 0 amide bonds. The van der Waals surface area contributed by atoms with E-state index >= 15 is 0 Å². The molecule has 2 aliphatic heterocycles. The number of morpholine rings is 1. The fourth-order valence-corrected chi connectivity index (χ4v) is 3.21. The predicted molar refractivity (Wildman–Crippen MR) is 70.2 cm³/mol. The molecule has 0 saturated carbocycles. The van der Waals surface area contributed by atoms with Gasteiger partial charge in [0.1, 0.15) is 0 Å². The quantitative estimate of drug-likeness (QED) is 0.909. The second-order valence-electron chi connectivity index (χ2n) is 4.79. The lowest BCUT2D eigenvalue weighted by molar-refractivity contribution is 0.0303. The standard InChI is InChI=1S/C13H16BrNO2/c14-10-1-4-13(9(5-10)8-16)15-6-11-2-3-12(7-15)17-11/h1,4-5,11-12,16H,2-3,6-8H2. The zero-order valence-corrected chi connectivity index (χ0v) is 11.2. The van der Waals surface area contributed by atoms with Crippen molar-refractivity contribution in [1.29, 1.82) is 0 Å². The Morgan fingerprint density at radius 3 is 2.65 bits per heavy atom. The Kier molecular flexibility index (Phi) is 3.11. The van der Waals surface area contributed by atoms with Gasteiger partial charge in [-0.3, -0.25) is 0 Å². The molecule has 1 aromatic carbocycles. The lowest BCUT2D eigenvalue weighted by atomic mass is 10.1. The van der Waals surface area contributed by atoms with Gasteiger partial charge in [-0.15, -0.1) is 0 Å². The topological polar surface area (TPSA) is 32.7 Å². The number of aliphatic hydroxyl groups is 1. The van der Waals surface area contributed by atoms with Crippen LogP contribution in [0.2, 0.25) is 0 Å². The first kappa shape index (κ1) is 11.5. The Morgan fingerprint density at radius 1 is 1.29 bits per heavy atom. The maximum Gasteiger partial charge on any atom is 0.0755 e. The van der Waals surface area contributed by atoms with E-state index in [0.717, 1.165) is 28.8 Å². The molecule has 2 unspecified atom stereocenters. The van der Waals surface area contributed by atoms with E-state index in [-0.39, 0.29) is 6.61 Å². The summed E-state index contributed by atoms with van der Waals surface area (Å²) in [7, 11) is 0. The molecule has 3 nitrogen and oxygen atoms in total. The number of nitrogens with zero attached hydrogens (tertiary/aromatic N) is 1. The Labute approximate surface area is 110 Å². The smallest absolute Gasteiger partial charge is 0.0755 e. The summed E-state index contributed by atoms with van der Waals surface area (Å²) >= 11 is 3.44. The molecule has 0 aliphatic carbocycles. The van der Waals surface area contributed by atoms with Crippen LogP contribution in [-0.4, -0.2) is 30.4 Å². The summed E-state index contributed by atoms with van der Waals surface area (Å²) in [6, 6.07) is 6.11. The summed E-state index contributed by atoms with van der Waals surface area (Å²) < 4.78 is 6.85. The third-order valence-corrected chi connectivity index (χ3v) is 4.09. The molecule has 1 aromatic rings. The zero-order chi connectivity index (χ0) is 11.8. The van der Waals surface area contributed by atoms with Crippen molar-refractivity contribution in [2.45, 2.75) is 31.7 Å². The van der Waals surface area contributed by atoms with E-state index in [1.54, 1.807) is 0 Å². The molecule has 17 heavy (non-hydrogen) atoms. The molecule has 2 bridgehead atoms. The molecule has 2 atom stereocenters. The van der Waals surface area contributed by atoms with Gasteiger partial charge in [0, 0.05) is 28.8 Å². The van der Waals surface area contributed by atoms with E-state index in [9.17, 15) is 5.11 Å². The number of aliphatic hydroxyl groups excluding tert-OH is 1. The van der Waals surface area contributed by atoms with E-state index in [1.165, 1.54) is 12.8 Å². The Balaban J connectivity index is 1.88. The molecule has 0 radical (unpaired) electrons. The van der Waals surface area contributed by atoms with Crippen molar-refractivity contribution in [2.24, 2.45) is 0 Å². The lowest BCUT2D eigenvalue weighted by Crippen LogP contribution is -2.43. The number of halogens is 1. The lowest BCUT2D eigenvalue weighted by Gasteiger charge is -2.35. The van der Waals surface area contributed by atoms with Crippen LogP contribution >= 0.6 is 15.9 Å². The summed E-state index contributed by atoms with van der Waals surface area (Å²) in [5.74, 6) is 0. The van der Waals surface area contributed by atoms with Crippen molar-refractivity contribution in [3.63, 3.8) is 0 Å². The van der Waals surface area contributed by atoms with Crippen LogP contribution in [0, 0.1) is 0 Å². The van der Waals surface area contributed by atoms with Crippen molar-refractivity contribution in [3.8, 4) is 0 Å². The van der Waals surface area contributed by atoms with E-state index < -0.39 is 0 Å². The van der Waals surface area contributed by atoms with Crippen molar-refractivity contribution in [1.82, 2.24) is 0 Å². The largest absolute Gasteiger partial charge is 0.392 e. The molecular weight excluding hydrogens is 282 g/mol. The van der Waals surface area contributed by atoms with Gasteiger partial charge in [0.25, 0.3) is 0 Å². The van der Waals surface area contributed by atoms with Gasteiger partial charge in [-0.1, -0.05) is 15.9 Å². The van der Waals surface area contributed by atoms with Gasteiger partial charge in [0.2, 0.25) is 0 Å². The number of hydrogen-bond acceptors (Lipinski definition) is 3. The summed E-state index contributed by atoms with van der Waals surface area (Å²) in [5, 5.41) is 9.44. The Morgan fingerprint density at radius 2 is 2.00 bits per heavy atom. The molecule has 2 fully saturated rings. The molecule has 2 aliphatic rings. The van der Waals surface area contributed by atoms with Gasteiger partial charge in [0.05, 0.1) is 18.8 Å². The highest BCUT2D eigenvalue weighted by atomic mass is 79.9. The summed E-state index contributed by atoms with van der Waals surface area (Å²) in [4.78, 5) is 2.35. The van der Waals surface area contributed by atoms with Gasteiger partial charge >= 0.3 is 0 Å². The average Bonchev–Trinajstić information content (AvgIpc) is 2.68. The maximum absolute atomic E-state index is 9.44. The average molecular weight is 298 g/mol. The van der Waals surface area contributed by atoms with Crippen LogP contribution in [0.25, 0.3) is 0 Å². The van der Waals surface area contributed by atoms with Crippen LogP contribution < -0.4 is 4.90 Å². The monoisotopic (exact) mass is 297 g/mol. The number of benzene rings is 1. The van der Waals surface area contributed by atoms with Crippen LogP contribution in [0.3, 0.4) is 0 Å². The highest BCUT2D eigenvalue weighted by Crippen LogP contribution is 2.32. The van der Waals surface area contributed by atoms with Crippen LogP contribution in [0.15, 0.2) is 22.7 Å². The highest BCUT2D eigenvalue weighted by molar-refractivity contribution is 9.10. The minimum absolute atomic E-state index is 0.0848. The second kappa shape index (κ2) is 4.59. The molecule has 92 valence electrons.